The molecule has 25 heavy (non-hydrogen) atoms. The maximum atomic E-state index is 11.4. The Morgan fingerprint density at radius 3 is 2.84 bits per heavy atom. The van der Waals surface area contributed by atoms with Crippen molar-refractivity contribution in [2.24, 2.45) is 0 Å². The number of carbonyl (C=O) groups is 1. The number of phenols is 1. The van der Waals surface area contributed by atoms with Crippen LogP contribution in [0.1, 0.15) is 31.9 Å². The number of aryl methyl sites for hydroxylation is 1. The molecule has 1 aromatic carbocycles. The van der Waals surface area contributed by atoms with Gasteiger partial charge in [0.25, 0.3) is 5.91 Å². The van der Waals surface area contributed by atoms with Crippen LogP contribution in [0.25, 0.3) is 16.6 Å². The smallest absolute Gasteiger partial charge is 0.262 e. The molecule has 3 aromatic rings. The lowest BCUT2D eigenvalue weighted by Gasteiger charge is -2.11. The molecular weight excluding hydrogens is 320 g/mol. The second-order valence-electron chi connectivity index (χ2n) is 5.99. The zero-order valence-electron chi connectivity index (χ0n) is 14.1. The van der Waals surface area contributed by atoms with Crippen molar-refractivity contribution in [1.29, 1.82) is 0 Å². The van der Waals surface area contributed by atoms with Gasteiger partial charge in [-0.2, -0.15) is 0 Å². The summed E-state index contributed by atoms with van der Waals surface area (Å²) in [5.74, 6) is 0.274. The maximum Gasteiger partial charge on any atom is 0.262 e. The van der Waals surface area contributed by atoms with Crippen LogP contribution >= 0.6 is 0 Å². The SMILES string of the molecule is CCCCCc1nc2ccc3cccc(O)c3n2c1NCC(=O)NO. The molecule has 0 aliphatic heterocycles. The van der Waals surface area contributed by atoms with E-state index in [9.17, 15) is 9.90 Å². The van der Waals surface area contributed by atoms with Crippen LogP contribution in [0.3, 0.4) is 0 Å². The summed E-state index contributed by atoms with van der Waals surface area (Å²) in [7, 11) is 0. The minimum atomic E-state index is -0.543. The zero-order chi connectivity index (χ0) is 17.8. The first-order valence-electron chi connectivity index (χ1n) is 8.44. The highest BCUT2D eigenvalue weighted by molar-refractivity contribution is 5.89. The number of imidazole rings is 1. The lowest BCUT2D eigenvalue weighted by molar-refractivity contribution is -0.127. The minimum Gasteiger partial charge on any atom is -0.506 e. The fourth-order valence-electron chi connectivity index (χ4n) is 3.02. The average molecular weight is 342 g/mol. The number of para-hydroxylation sites is 1. The van der Waals surface area contributed by atoms with Crippen molar-refractivity contribution in [3.63, 3.8) is 0 Å². The predicted molar refractivity (Wildman–Crippen MR) is 96.0 cm³/mol. The van der Waals surface area contributed by atoms with E-state index in [0.717, 1.165) is 36.8 Å². The topological polar surface area (TPSA) is 98.9 Å². The molecule has 0 bridgehead atoms. The number of benzene rings is 1. The first-order valence-corrected chi connectivity index (χ1v) is 8.44. The number of hydroxylamine groups is 1. The van der Waals surface area contributed by atoms with Crippen molar-refractivity contribution in [3.05, 3.63) is 36.0 Å². The Balaban J connectivity index is 2.13. The molecule has 0 saturated heterocycles. The number of pyridine rings is 1. The number of amides is 1. The van der Waals surface area contributed by atoms with Gasteiger partial charge in [0.05, 0.1) is 17.8 Å². The number of phenolic OH excluding ortho intramolecular Hbond substituents is 1. The summed E-state index contributed by atoms with van der Waals surface area (Å²) in [6, 6.07) is 9.13. The van der Waals surface area contributed by atoms with Crippen LogP contribution in [0.15, 0.2) is 30.3 Å². The third kappa shape index (κ3) is 3.36. The number of fused-ring (bicyclic) bond motifs is 3. The molecule has 0 aliphatic carbocycles. The Kier molecular flexibility index (Phi) is 5.04. The molecule has 0 atom stereocenters. The van der Waals surface area contributed by atoms with Crippen LogP contribution in [0.4, 0.5) is 5.82 Å². The highest BCUT2D eigenvalue weighted by atomic mass is 16.5. The lowest BCUT2D eigenvalue weighted by atomic mass is 10.1. The number of nitrogens with one attached hydrogen (secondary N) is 2. The Bertz CT molecular complexity index is 904. The second-order valence-corrected chi connectivity index (χ2v) is 5.99. The Morgan fingerprint density at radius 1 is 1.24 bits per heavy atom. The number of hydrogen-bond donors (Lipinski definition) is 4. The molecule has 0 aliphatic rings. The summed E-state index contributed by atoms with van der Waals surface area (Å²) in [5, 5.41) is 23.0. The first-order chi connectivity index (χ1) is 12.2. The molecule has 1 amide bonds. The third-order valence-corrected chi connectivity index (χ3v) is 4.22. The van der Waals surface area contributed by atoms with Gasteiger partial charge in [0, 0.05) is 5.39 Å². The van der Waals surface area contributed by atoms with Crippen LogP contribution in [0.2, 0.25) is 0 Å². The molecule has 2 aromatic heterocycles. The molecule has 3 rings (SSSR count). The van der Waals surface area contributed by atoms with Crippen molar-refractivity contribution in [2.45, 2.75) is 32.6 Å². The van der Waals surface area contributed by atoms with Crippen molar-refractivity contribution < 1.29 is 15.1 Å². The van der Waals surface area contributed by atoms with Crippen molar-refractivity contribution in [3.8, 4) is 5.75 Å². The van der Waals surface area contributed by atoms with E-state index in [4.69, 9.17) is 5.21 Å². The first kappa shape index (κ1) is 17.0. The number of nitrogens with zero attached hydrogens (tertiary/aromatic N) is 2. The highest BCUT2D eigenvalue weighted by Crippen LogP contribution is 2.30. The minimum absolute atomic E-state index is 0.0882. The molecule has 7 nitrogen and oxygen atoms in total. The van der Waals surface area contributed by atoms with Gasteiger partial charge >= 0.3 is 0 Å². The van der Waals surface area contributed by atoms with E-state index >= 15 is 0 Å². The number of aromatic hydroxyl groups is 1. The predicted octanol–water partition coefficient (Wildman–Crippen LogP) is 2.84. The van der Waals surface area contributed by atoms with Gasteiger partial charge in [-0.15, -0.1) is 0 Å². The van der Waals surface area contributed by atoms with E-state index in [1.807, 2.05) is 22.6 Å². The number of unbranched alkanes of at least 4 members (excludes halogenated alkanes) is 2. The van der Waals surface area contributed by atoms with Gasteiger partial charge < -0.3 is 10.4 Å². The van der Waals surface area contributed by atoms with Gasteiger partial charge in [-0.25, -0.2) is 10.5 Å². The normalized spacial score (nSPS) is 11.1. The summed E-state index contributed by atoms with van der Waals surface area (Å²) in [4.78, 5) is 16.1. The number of hydrogen-bond acceptors (Lipinski definition) is 5. The number of anilines is 1. The molecule has 0 unspecified atom stereocenters. The quantitative estimate of drug-likeness (QED) is 0.301. The average Bonchev–Trinajstić information content (AvgIpc) is 2.97. The number of aromatic nitrogens is 2. The summed E-state index contributed by atoms with van der Waals surface area (Å²) >= 11 is 0. The van der Waals surface area contributed by atoms with E-state index in [0.29, 0.717) is 17.0 Å². The van der Waals surface area contributed by atoms with Gasteiger partial charge in [0.2, 0.25) is 0 Å². The van der Waals surface area contributed by atoms with E-state index in [1.54, 1.807) is 17.6 Å². The Hall–Kier alpha value is -2.80. The van der Waals surface area contributed by atoms with Crippen molar-refractivity contribution >= 4 is 28.3 Å². The van der Waals surface area contributed by atoms with Gasteiger partial charge in [0.1, 0.15) is 17.2 Å². The van der Waals surface area contributed by atoms with Crippen LogP contribution in [-0.2, 0) is 11.2 Å². The van der Waals surface area contributed by atoms with E-state index in [-0.39, 0.29) is 12.3 Å². The summed E-state index contributed by atoms with van der Waals surface area (Å²) in [6.45, 7) is 2.05. The van der Waals surface area contributed by atoms with Crippen molar-refractivity contribution in [2.75, 3.05) is 11.9 Å². The lowest BCUT2D eigenvalue weighted by Crippen LogP contribution is -2.27. The Labute approximate surface area is 145 Å². The van der Waals surface area contributed by atoms with Gasteiger partial charge in [-0.3, -0.25) is 14.4 Å². The highest BCUT2D eigenvalue weighted by Gasteiger charge is 2.16. The maximum absolute atomic E-state index is 11.4. The summed E-state index contributed by atoms with van der Waals surface area (Å²) < 4.78 is 1.83. The molecule has 4 N–H and O–H groups in total. The summed E-state index contributed by atoms with van der Waals surface area (Å²) in [5.41, 5.74) is 3.80. The molecule has 2 heterocycles. The largest absolute Gasteiger partial charge is 0.506 e. The standard InChI is InChI=1S/C18H22N4O3/c1-2-3-4-7-13-18(19-11-16(24)21-25)22-15(20-13)10-9-12-6-5-8-14(23)17(12)22/h5-6,8-10,19,23,25H,2-4,7,11H2,1H3,(H,21,24). The van der Waals surface area contributed by atoms with Crippen LogP contribution in [-0.4, -0.2) is 32.2 Å². The van der Waals surface area contributed by atoms with E-state index in [1.165, 1.54) is 0 Å². The molecule has 0 spiro atoms. The van der Waals surface area contributed by atoms with E-state index in [2.05, 4.69) is 17.2 Å². The monoisotopic (exact) mass is 342 g/mol. The van der Waals surface area contributed by atoms with Crippen molar-refractivity contribution in [1.82, 2.24) is 14.9 Å². The second kappa shape index (κ2) is 7.40. The van der Waals surface area contributed by atoms with Gasteiger partial charge in [-0.1, -0.05) is 31.9 Å². The van der Waals surface area contributed by atoms with E-state index < -0.39 is 5.91 Å². The van der Waals surface area contributed by atoms with Crippen LogP contribution in [0, 0.1) is 0 Å². The molecule has 0 fully saturated rings. The molecule has 7 heteroatoms. The van der Waals surface area contributed by atoms with Crippen LogP contribution < -0.4 is 10.8 Å². The summed E-state index contributed by atoms with van der Waals surface area (Å²) in [6.07, 6.45) is 3.96. The number of carbonyl (C=O) groups excluding carboxylic acids is 1. The number of rotatable bonds is 7. The van der Waals surface area contributed by atoms with Gasteiger partial charge in [-0.05, 0) is 31.0 Å². The Morgan fingerprint density at radius 2 is 2.08 bits per heavy atom. The molecule has 0 radical (unpaired) electrons. The fraction of sp³-hybridized carbons (Fsp3) is 0.333. The fourth-order valence-corrected chi connectivity index (χ4v) is 3.02. The molecule has 132 valence electrons. The molecular formula is C18H22N4O3. The zero-order valence-corrected chi connectivity index (χ0v) is 14.1. The molecule has 0 saturated carbocycles. The third-order valence-electron chi connectivity index (χ3n) is 4.22. The van der Waals surface area contributed by atoms with Gasteiger partial charge in [0.15, 0.2) is 0 Å². The van der Waals surface area contributed by atoms with Crippen LogP contribution in [0.5, 0.6) is 5.75 Å².